The smallest absolute Gasteiger partial charge is 0.237 e. The molecule has 0 radical (unpaired) electrons. The number of nitrogens with two attached hydrogens (primary N) is 1. The van der Waals surface area contributed by atoms with Crippen LogP contribution < -0.4 is 11.1 Å². The molecule has 140 valence electrons. The van der Waals surface area contributed by atoms with Gasteiger partial charge in [0, 0.05) is 30.2 Å². The monoisotopic (exact) mass is 386 g/mol. The molecular formula is C19H28Cl2N2O2. The van der Waals surface area contributed by atoms with Crippen LogP contribution in [-0.2, 0) is 14.9 Å². The molecule has 1 aliphatic carbocycles. The summed E-state index contributed by atoms with van der Waals surface area (Å²) >= 11 is 6.02. The molecule has 2 aliphatic rings. The fourth-order valence-corrected chi connectivity index (χ4v) is 4.21. The third kappa shape index (κ3) is 4.88. The highest BCUT2D eigenvalue weighted by atomic mass is 35.5. The van der Waals surface area contributed by atoms with Crippen LogP contribution in [-0.4, -0.2) is 31.7 Å². The molecule has 0 aromatic heterocycles. The topological polar surface area (TPSA) is 64.4 Å². The molecule has 1 aromatic rings. The number of halogens is 2. The normalized spacial score (nSPS) is 21.4. The number of hydrogen-bond donors (Lipinski definition) is 2. The number of nitrogens with one attached hydrogen (secondary N) is 1. The van der Waals surface area contributed by atoms with Crippen molar-refractivity contribution in [1.29, 1.82) is 0 Å². The van der Waals surface area contributed by atoms with Crippen molar-refractivity contribution in [3.05, 3.63) is 34.9 Å². The van der Waals surface area contributed by atoms with Crippen molar-refractivity contribution >= 4 is 29.9 Å². The van der Waals surface area contributed by atoms with Gasteiger partial charge in [0.25, 0.3) is 0 Å². The average Bonchev–Trinajstić information content (AvgIpc) is 3.10. The van der Waals surface area contributed by atoms with E-state index in [-0.39, 0.29) is 29.6 Å². The summed E-state index contributed by atoms with van der Waals surface area (Å²) in [5.74, 6) is 0.205. The van der Waals surface area contributed by atoms with E-state index in [1.807, 2.05) is 12.1 Å². The molecule has 3 N–H and O–H groups in total. The van der Waals surface area contributed by atoms with Gasteiger partial charge < -0.3 is 15.8 Å². The fourth-order valence-electron chi connectivity index (χ4n) is 4.09. The van der Waals surface area contributed by atoms with Gasteiger partial charge >= 0.3 is 0 Å². The van der Waals surface area contributed by atoms with Gasteiger partial charge in [0.1, 0.15) is 0 Å². The Bertz CT molecular complexity index is 553. The maximum absolute atomic E-state index is 12.5. The van der Waals surface area contributed by atoms with E-state index in [9.17, 15) is 4.79 Å². The highest BCUT2D eigenvalue weighted by Crippen LogP contribution is 2.41. The zero-order chi connectivity index (χ0) is 17.0. The number of amides is 1. The molecule has 1 aliphatic heterocycles. The van der Waals surface area contributed by atoms with E-state index in [0.29, 0.717) is 19.8 Å². The van der Waals surface area contributed by atoms with Crippen molar-refractivity contribution in [2.75, 3.05) is 19.8 Å². The Kier molecular flexibility index (Phi) is 7.56. The summed E-state index contributed by atoms with van der Waals surface area (Å²) in [5.41, 5.74) is 7.48. The first kappa shape index (κ1) is 20.5. The minimum atomic E-state index is -0.433. The second-order valence-electron chi connectivity index (χ2n) is 7.19. The quantitative estimate of drug-likeness (QED) is 0.814. The molecule has 1 unspecified atom stereocenters. The van der Waals surface area contributed by atoms with E-state index in [0.717, 1.165) is 30.7 Å². The molecule has 4 nitrogen and oxygen atoms in total. The Hall–Kier alpha value is -0.810. The van der Waals surface area contributed by atoms with Crippen LogP contribution in [0.1, 0.15) is 44.1 Å². The minimum absolute atomic E-state index is 0. The van der Waals surface area contributed by atoms with Crippen molar-refractivity contribution in [3.63, 3.8) is 0 Å². The molecular weight excluding hydrogens is 359 g/mol. The van der Waals surface area contributed by atoms with Gasteiger partial charge in [-0.05, 0) is 49.3 Å². The Morgan fingerprint density at radius 2 is 1.84 bits per heavy atom. The first-order chi connectivity index (χ1) is 11.6. The van der Waals surface area contributed by atoms with Gasteiger partial charge in [0.2, 0.25) is 5.91 Å². The summed E-state index contributed by atoms with van der Waals surface area (Å²) in [6, 6.07) is 7.63. The largest absolute Gasteiger partial charge is 0.381 e. The molecule has 25 heavy (non-hydrogen) atoms. The molecule has 0 bridgehead atoms. The fraction of sp³-hybridized carbons (Fsp3) is 0.632. The van der Waals surface area contributed by atoms with E-state index in [4.69, 9.17) is 22.1 Å². The van der Waals surface area contributed by atoms with Crippen LogP contribution in [0, 0.1) is 5.92 Å². The molecule has 1 saturated heterocycles. The van der Waals surface area contributed by atoms with Crippen LogP contribution in [0.4, 0.5) is 0 Å². The first-order valence-electron chi connectivity index (χ1n) is 8.98. The molecule has 6 heteroatoms. The second-order valence-corrected chi connectivity index (χ2v) is 7.62. The minimum Gasteiger partial charge on any atom is -0.381 e. The Morgan fingerprint density at radius 1 is 1.24 bits per heavy atom. The van der Waals surface area contributed by atoms with Crippen molar-refractivity contribution in [1.82, 2.24) is 5.32 Å². The zero-order valence-electron chi connectivity index (χ0n) is 14.5. The lowest BCUT2D eigenvalue weighted by atomic mass is 9.78. The first-order valence-corrected chi connectivity index (χ1v) is 9.36. The Morgan fingerprint density at radius 3 is 2.44 bits per heavy atom. The summed E-state index contributed by atoms with van der Waals surface area (Å²) in [4.78, 5) is 12.5. The molecule has 1 aromatic carbocycles. The van der Waals surface area contributed by atoms with Crippen LogP contribution in [0.15, 0.2) is 24.3 Å². The molecule has 0 spiro atoms. The van der Waals surface area contributed by atoms with Crippen molar-refractivity contribution in [2.45, 2.75) is 50.0 Å². The number of carbonyl (C=O) groups excluding carboxylic acids is 1. The molecule has 1 amide bonds. The second kappa shape index (κ2) is 9.22. The number of hydrogen-bond acceptors (Lipinski definition) is 3. The van der Waals surface area contributed by atoms with E-state index in [1.165, 1.54) is 18.4 Å². The van der Waals surface area contributed by atoms with Crippen molar-refractivity contribution in [3.8, 4) is 0 Å². The number of carbonyl (C=O) groups is 1. The maximum Gasteiger partial charge on any atom is 0.237 e. The van der Waals surface area contributed by atoms with Gasteiger partial charge in [-0.25, -0.2) is 0 Å². The Labute approximate surface area is 161 Å². The summed E-state index contributed by atoms with van der Waals surface area (Å²) < 4.78 is 5.36. The van der Waals surface area contributed by atoms with Gasteiger partial charge in [-0.3, -0.25) is 4.79 Å². The van der Waals surface area contributed by atoms with Crippen LogP contribution in [0.2, 0.25) is 5.02 Å². The molecule has 1 saturated carbocycles. The van der Waals surface area contributed by atoms with E-state index in [2.05, 4.69) is 17.4 Å². The molecule has 1 heterocycles. The number of rotatable bonds is 5. The van der Waals surface area contributed by atoms with Crippen LogP contribution in [0.5, 0.6) is 0 Å². The number of ether oxygens (including phenoxy) is 1. The van der Waals surface area contributed by atoms with Gasteiger partial charge in [0.15, 0.2) is 0 Å². The standard InChI is InChI=1S/C19H27ClN2O2.ClH/c20-16-5-3-15(4-6-16)19(9-1-2-10-19)13-22-18(23)17(21)14-7-11-24-12-8-14;/h3-6,14,17H,1-2,7-13,21H2,(H,22,23);1H. The average molecular weight is 387 g/mol. The lowest BCUT2D eigenvalue weighted by Crippen LogP contribution is -2.50. The van der Waals surface area contributed by atoms with Crippen LogP contribution in [0.25, 0.3) is 0 Å². The third-order valence-electron chi connectivity index (χ3n) is 5.69. The summed E-state index contributed by atoms with van der Waals surface area (Å²) in [5, 5.41) is 3.89. The van der Waals surface area contributed by atoms with Crippen molar-refractivity contribution < 1.29 is 9.53 Å². The van der Waals surface area contributed by atoms with Gasteiger partial charge in [-0.15, -0.1) is 12.4 Å². The SMILES string of the molecule is Cl.NC(C(=O)NCC1(c2ccc(Cl)cc2)CCCC1)C1CCOCC1. The third-order valence-corrected chi connectivity index (χ3v) is 5.95. The van der Waals surface area contributed by atoms with Gasteiger partial charge in [0.05, 0.1) is 6.04 Å². The van der Waals surface area contributed by atoms with E-state index in [1.54, 1.807) is 0 Å². The van der Waals surface area contributed by atoms with Crippen LogP contribution >= 0.6 is 24.0 Å². The van der Waals surface area contributed by atoms with E-state index >= 15 is 0 Å². The predicted molar refractivity (Wildman–Crippen MR) is 103 cm³/mol. The summed E-state index contributed by atoms with van der Waals surface area (Å²) in [6.07, 6.45) is 6.34. The van der Waals surface area contributed by atoms with E-state index < -0.39 is 6.04 Å². The van der Waals surface area contributed by atoms with Crippen LogP contribution in [0.3, 0.4) is 0 Å². The lowest BCUT2D eigenvalue weighted by Gasteiger charge is -2.32. The lowest BCUT2D eigenvalue weighted by molar-refractivity contribution is -0.124. The number of benzene rings is 1. The molecule has 1 atom stereocenters. The molecule has 2 fully saturated rings. The summed E-state index contributed by atoms with van der Waals surface area (Å²) in [7, 11) is 0. The molecule has 3 rings (SSSR count). The van der Waals surface area contributed by atoms with Crippen molar-refractivity contribution in [2.24, 2.45) is 11.7 Å². The van der Waals surface area contributed by atoms with Gasteiger partial charge in [-0.1, -0.05) is 36.6 Å². The summed E-state index contributed by atoms with van der Waals surface area (Å²) in [6.45, 7) is 2.07. The maximum atomic E-state index is 12.5. The predicted octanol–water partition coefficient (Wildman–Crippen LogP) is 3.44. The van der Waals surface area contributed by atoms with Gasteiger partial charge in [-0.2, -0.15) is 0 Å². The Balaban J connectivity index is 0.00000225. The zero-order valence-corrected chi connectivity index (χ0v) is 16.1. The highest BCUT2D eigenvalue weighted by Gasteiger charge is 2.37. The highest BCUT2D eigenvalue weighted by molar-refractivity contribution is 6.30.